The summed E-state index contributed by atoms with van der Waals surface area (Å²) in [5.74, 6) is 0.401. The predicted octanol–water partition coefficient (Wildman–Crippen LogP) is 7.38. The van der Waals surface area contributed by atoms with Crippen LogP contribution in [0.25, 0.3) is 22.3 Å². The summed E-state index contributed by atoms with van der Waals surface area (Å²) in [6, 6.07) is 20.8. The standard InChI is InChI=1S/C35H32BrN5O6/c1-20(2)27-17-28(22(4)14-31(27)46-5)34-39-29-9-7-6-8-26(29)35(43)40(34)37-18-23-15-24(36)16-30(41(44)45)33(23)47-19-32(42)38-25-12-10-21(3)11-13-25/h6-18,20H,19H2,1-5H3,(H,38,42). The van der Waals surface area contributed by atoms with Gasteiger partial charge in [-0.05, 0) is 73.4 Å². The molecule has 47 heavy (non-hydrogen) atoms. The molecular formula is C35H32BrN5O6. The van der Waals surface area contributed by atoms with Crippen LogP contribution in [0.4, 0.5) is 11.4 Å². The van der Waals surface area contributed by atoms with Gasteiger partial charge in [-0.3, -0.25) is 19.7 Å². The number of nitro groups is 1. The highest BCUT2D eigenvalue weighted by molar-refractivity contribution is 9.10. The lowest BCUT2D eigenvalue weighted by Crippen LogP contribution is -2.21. The van der Waals surface area contributed by atoms with Crippen LogP contribution < -0.4 is 20.3 Å². The van der Waals surface area contributed by atoms with Gasteiger partial charge in [0.25, 0.3) is 11.5 Å². The minimum absolute atomic E-state index is 0.110. The third-order valence-electron chi connectivity index (χ3n) is 7.45. The molecular weight excluding hydrogens is 666 g/mol. The molecule has 1 amide bonds. The molecule has 0 saturated carbocycles. The molecule has 0 unspecified atom stereocenters. The summed E-state index contributed by atoms with van der Waals surface area (Å²) in [6.45, 7) is 7.39. The zero-order valence-electron chi connectivity index (χ0n) is 26.4. The van der Waals surface area contributed by atoms with Crippen LogP contribution in [0, 0.1) is 24.0 Å². The lowest BCUT2D eigenvalue weighted by molar-refractivity contribution is -0.385. The summed E-state index contributed by atoms with van der Waals surface area (Å²) in [6.07, 6.45) is 1.29. The van der Waals surface area contributed by atoms with Crippen LogP contribution >= 0.6 is 15.9 Å². The van der Waals surface area contributed by atoms with E-state index in [9.17, 15) is 19.7 Å². The summed E-state index contributed by atoms with van der Waals surface area (Å²) in [4.78, 5) is 42.9. The van der Waals surface area contributed by atoms with Gasteiger partial charge in [-0.1, -0.05) is 59.6 Å². The zero-order valence-corrected chi connectivity index (χ0v) is 28.0. The molecule has 240 valence electrons. The maximum Gasteiger partial charge on any atom is 0.312 e. The molecule has 0 aliphatic heterocycles. The van der Waals surface area contributed by atoms with Crippen LogP contribution in [0.1, 0.15) is 42.0 Å². The average molecular weight is 699 g/mol. The Bertz CT molecular complexity index is 2090. The summed E-state index contributed by atoms with van der Waals surface area (Å²) < 4.78 is 12.9. The quantitative estimate of drug-likeness (QED) is 0.0913. The van der Waals surface area contributed by atoms with Crippen LogP contribution in [-0.4, -0.2) is 40.4 Å². The van der Waals surface area contributed by atoms with Crippen molar-refractivity contribution in [2.75, 3.05) is 19.0 Å². The summed E-state index contributed by atoms with van der Waals surface area (Å²) in [5, 5.41) is 19.7. The van der Waals surface area contributed by atoms with Crippen LogP contribution in [0.2, 0.25) is 0 Å². The Morgan fingerprint density at radius 3 is 2.51 bits per heavy atom. The molecule has 5 aromatic rings. The molecule has 0 bridgehead atoms. The SMILES string of the molecule is COc1cc(C)c(-c2nc3ccccc3c(=O)n2N=Cc2cc(Br)cc([N+](=O)[O-])c2OCC(=O)Nc2ccc(C)cc2)cc1C(C)C. The number of ether oxygens (including phenoxy) is 2. The van der Waals surface area contributed by atoms with E-state index in [0.29, 0.717) is 32.4 Å². The van der Waals surface area contributed by atoms with E-state index < -0.39 is 23.0 Å². The highest BCUT2D eigenvalue weighted by Gasteiger charge is 2.23. The molecule has 1 N–H and O–H groups in total. The van der Waals surface area contributed by atoms with E-state index in [-0.39, 0.29) is 28.7 Å². The number of nitrogens with one attached hydrogen (secondary N) is 1. The Morgan fingerprint density at radius 2 is 1.83 bits per heavy atom. The van der Waals surface area contributed by atoms with Crippen molar-refractivity contribution >= 4 is 50.3 Å². The number of aromatic nitrogens is 2. The summed E-state index contributed by atoms with van der Waals surface area (Å²) in [7, 11) is 1.61. The molecule has 0 spiro atoms. The third-order valence-corrected chi connectivity index (χ3v) is 7.91. The minimum Gasteiger partial charge on any atom is -0.496 e. The smallest absolute Gasteiger partial charge is 0.312 e. The Labute approximate surface area is 279 Å². The van der Waals surface area contributed by atoms with E-state index in [1.807, 2.05) is 52.0 Å². The molecule has 4 aromatic carbocycles. The number of carbonyl (C=O) groups is 1. The number of nitro benzene ring substituents is 1. The van der Waals surface area contributed by atoms with Crippen molar-refractivity contribution in [3.63, 3.8) is 0 Å². The lowest BCUT2D eigenvalue weighted by atomic mass is 9.96. The number of halogens is 1. The molecule has 0 radical (unpaired) electrons. The minimum atomic E-state index is -0.612. The van der Waals surface area contributed by atoms with Gasteiger partial charge >= 0.3 is 5.69 Å². The van der Waals surface area contributed by atoms with Gasteiger partial charge in [0.1, 0.15) is 5.75 Å². The van der Waals surface area contributed by atoms with Gasteiger partial charge in [0.05, 0.1) is 29.2 Å². The highest BCUT2D eigenvalue weighted by Crippen LogP contribution is 2.36. The maximum atomic E-state index is 13.9. The van der Waals surface area contributed by atoms with Gasteiger partial charge in [0, 0.05) is 27.4 Å². The van der Waals surface area contributed by atoms with Gasteiger partial charge in [0.15, 0.2) is 12.4 Å². The first-order valence-electron chi connectivity index (χ1n) is 14.7. The van der Waals surface area contributed by atoms with E-state index >= 15 is 0 Å². The number of amides is 1. The second-order valence-electron chi connectivity index (χ2n) is 11.2. The van der Waals surface area contributed by atoms with Gasteiger partial charge in [-0.25, -0.2) is 4.98 Å². The molecule has 1 aromatic heterocycles. The topological polar surface area (TPSA) is 138 Å². The fraction of sp³-hybridized carbons (Fsp3) is 0.200. The zero-order chi connectivity index (χ0) is 33.8. The average Bonchev–Trinajstić information content (AvgIpc) is 3.04. The number of para-hydroxylation sites is 1. The van der Waals surface area contributed by atoms with Crippen LogP contribution in [-0.2, 0) is 4.79 Å². The molecule has 5 rings (SSSR count). The first kappa shape index (κ1) is 33.0. The van der Waals surface area contributed by atoms with Crippen molar-refractivity contribution in [3.8, 4) is 22.9 Å². The molecule has 0 saturated heterocycles. The summed E-state index contributed by atoms with van der Waals surface area (Å²) in [5.41, 5.74) is 3.80. The first-order chi connectivity index (χ1) is 22.5. The Kier molecular flexibility index (Phi) is 9.80. The Morgan fingerprint density at radius 1 is 1.11 bits per heavy atom. The van der Waals surface area contributed by atoms with Crippen LogP contribution in [0.5, 0.6) is 11.5 Å². The van der Waals surface area contributed by atoms with E-state index in [0.717, 1.165) is 16.7 Å². The van der Waals surface area contributed by atoms with Crippen molar-refractivity contribution in [1.29, 1.82) is 0 Å². The maximum absolute atomic E-state index is 13.9. The molecule has 11 nitrogen and oxygen atoms in total. The van der Waals surface area contributed by atoms with Gasteiger partial charge in [-0.15, -0.1) is 0 Å². The Balaban J connectivity index is 1.61. The Hall–Kier alpha value is -5.36. The number of aryl methyl sites for hydroxylation is 2. The molecule has 0 aliphatic carbocycles. The number of methoxy groups -OCH3 is 1. The lowest BCUT2D eigenvalue weighted by Gasteiger charge is -2.17. The molecule has 0 aliphatic rings. The van der Waals surface area contributed by atoms with E-state index in [1.54, 1.807) is 49.6 Å². The first-order valence-corrected chi connectivity index (χ1v) is 15.5. The molecule has 12 heteroatoms. The largest absolute Gasteiger partial charge is 0.496 e. The van der Waals surface area contributed by atoms with E-state index in [4.69, 9.17) is 14.5 Å². The fourth-order valence-electron chi connectivity index (χ4n) is 5.05. The van der Waals surface area contributed by atoms with E-state index in [2.05, 4.69) is 26.3 Å². The number of fused-ring (bicyclic) bond motifs is 1. The third kappa shape index (κ3) is 7.23. The number of hydrogen-bond acceptors (Lipinski definition) is 8. The van der Waals surface area contributed by atoms with Crippen molar-refractivity contribution in [2.45, 2.75) is 33.6 Å². The van der Waals surface area contributed by atoms with Gasteiger partial charge < -0.3 is 14.8 Å². The molecule has 0 atom stereocenters. The summed E-state index contributed by atoms with van der Waals surface area (Å²) >= 11 is 3.32. The number of benzene rings is 4. The van der Waals surface area contributed by atoms with Gasteiger partial charge in [-0.2, -0.15) is 9.78 Å². The van der Waals surface area contributed by atoms with Crippen LogP contribution in [0.3, 0.4) is 0 Å². The van der Waals surface area contributed by atoms with Crippen molar-refractivity contribution in [1.82, 2.24) is 9.66 Å². The van der Waals surface area contributed by atoms with Crippen molar-refractivity contribution in [3.05, 3.63) is 120 Å². The van der Waals surface area contributed by atoms with Crippen LogP contribution in [0.15, 0.2) is 87.2 Å². The number of carbonyl (C=O) groups excluding carboxylic acids is 1. The predicted molar refractivity (Wildman–Crippen MR) is 186 cm³/mol. The number of nitrogens with zero attached hydrogens (tertiary/aromatic N) is 4. The molecule has 0 fully saturated rings. The second kappa shape index (κ2) is 14.0. The fourth-order valence-corrected chi connectivity index (χ4v) is 5.52. The number of rotatable bonds is 10. The number of anilines is 1. The molecule has 1 heterocycles. The number of hydrogen-bond donors (Lipinski definition) is 1. The second-order valence-corrected chi connectivity index (χ2v) is 12.1. The van der Waals surface area contributed by atoms with Crippen molar-refractivity contribution < 1.29 is 19.2 Å². The van der Waals surface area contributed by atoms with E-state index in [1.165, 1.54) is 17.0 Å². The van der Waals surface area contributed by atoms with Crippen molar-refractivity contribution in [2.24, 2.45) is 5.10 Å². The van der Waals surface area contributed by atoms with Gasteiger partial charge in [0.2, 0.25) is 5.75 Å². The normalized spacial score (nSPS) is 11.3. The monoisotopic (exact) mass is 697 g/mol. The highest BCUT2D eigenvalue weighted by atomic mass is 79.9.